The molecule has 1 aromatic heterocycles. The van der Waals surface area contributed by atoms with Gasteiger partial charge in [0.25, 0.3) is 0 Å². The molecule has 0 unspecified atom stereocenters. The second kappa shape index (κ2) is 4.86. The van der Waals surface area contributed by atoms with Crippen molar-refractivity contribution in [2.45, 2.75) is 6.92 Å². The highest BCUT2D eigenvalue weighted by atomic mass is 32.1. The predicted octanol–water partition coefficient (Wildman–Crippen LogP) is 3.79. The maximum Gasteiger partial charge on any atom is 0.348 e. The van der Waals surface area contributed by atoms with Crippen molar-refractivity contribution in [3.8, 4) is 11.1 Å². The van der Waals surface area contributed by atoms with Crippen LogP contribution in [0.15, 0.2) is 23.6 Å². The molecule has 0 bridgehead atoms. The van der Waals surface area contributed by atoms with Gasteiger partial charge in [-0.05, 0) is 23.9 Å². The molecule has 0 saturated carbocycles. The lowest BCUT2D eigenvalue weighted by atomic mass is 10.0. The molecule has 0 amide bonds. The van der Waals surface area contributed by atoms with Gasteiger partial charge in [-0.25, -0.2) is 13.6 Å². The Morgan fingerprint density at radius 2 is 2.06 bits per heavy atom. The normalized spacial score (nSPS) is 10.4. The molecule has 0 fully saturated rings. The average molecular weight is 268 g/mol. The Hall–Kier alpha value is -1.75. The van der Waals surface area contributed by atoms with Gasteiger partial charge in [-0.15, -0.1) is 11.3 Å². The maximum atomic E-state index is 13.8. The molecule has 0 aliphatic carbocycles. The summed E-state index contributed by atoms with van der Waals surface area (Å²) in [5.41, 5.74) is 1.18. The number of carbonyl (C=O) groups excluding carboxylic acids is 1. The Morgan fingerprint density at radius 1 is 1.33 bits per heavy atom. The van der Waals surface area contributed by atoms with Gasteiger partial charge in [-0.2, -0.15) is 0 Å². The molecular weight excluding hydrogens is 258 g/mol. The van der Waals surface area contributed by atoms with E-state index in [9.17, 15) is 13.6 Å². The number of thiophene rings is 1. The summed E-state index contributed by atoms with van der Waals surface area (Å²) in [6.45, 7) is 1.74. The monoisotopic (exact) mass is 268 g/mol. The average Bonchev–Trinajstić information content (AvgIpc) is 2.74. The van der Waals surface area contributed by atoms with Gasteiger partial charge in [-0.1, -0.05) is 12.1 Å². The predicted molar refractivity (Wildman–Crippen MR) is 65.7 cm³/mol. The van der Waals surface area contributed by atoms with Crippen molar-refractivity contribution in [2.24, 2.45) is 0 Å². The van der Waals surface area contributed by atoms with Crippen LogP contribution in [-0.2, 0) is 4.74 Å². The van der Waals surface area contributed by atoms with Crippen molar-refractivity contribution in [2.75, 3.05) is 7.11 Å². The number of aryl methyl sites for hydroxylation is 1. The topological polar surface area (TPSA) is 26.3 Å². The molecular formula is C13H10F2O2S. The van der Waals surface area contributed by atoms with E-state index in [1.165, 1.54) is 19.2 Å². The van der Waals surface area contributed by atoms with Crippen LogP contribution in [0.4, 0.5) is 8.78 Å². The lowest BCUT2D eigenvalue weighted by Gasteiger charge is -2.06. The summed E-state index contributed by atoms with van der Waals surface area (Å²) < 4.78 is 31.6. The summed E-state index contributed by atoms with van der Waals surface area (Å²) >= 11 is 1.15. The zero-order valence-electron chi connectivity index (χ0n) is 9.79. The minimum Gasteiger partial charge on any atom is -0.465 e. The van der Waals surface area contributed by atoms with Gasteiger partial charge in [0, 0.05) is 11.1 Å². The minimum absolute atomic E-state index is 0.0779. The number of halogens is 2. The van der Waals surface area contributed by atoms with Crippen LogP contribution in [0.1, 0.15) is 15.2 Å². The molecule has 0 aliphatic heterocycles. The summed E-state index contributed by atoms with van der Waals surface area (Å²) in [4.78, 5) is 11.9. The third-order valence-corrected chi connectivity index (χ3v) is 3.64. The summed E-state index contributed by atoms with van der Waals surface area (Å²) in [6.07, 6.45) is 0. The Morgan fingerprint density at radius 3 is 2.72 bits per heavy atom. The maximum absolute atomic E-state index is 13.8. The standard InChI is InChI=1S/C13H10F2O2S/c1-7-6-18-12(13(16)17-2)10(7)8-4-3-5-9(14)11(8)15/h3-6H,1-2H3. The fraction of sp³-hybridized carbons (Fsp3) is 0.154. The van der Waals surface area contributed by atoms with Gasteiger partial charge < -0.3 is 4.74 Å². The summed E-state index contributed by atoms with van der Waals surface area (Å²) in [7, 11) is 1.25. The fourth-order valence-corrected chi connectivity index (χ4v) is 2.70. The van der Waals surface area contributed by atoms with Crippen molar-refractivity contribution in [3.63, 3.8) is 0 Å². The molecule has 94 valence electrons. The van der Waals surface area contributed by atoms with Crippen molar-refractivity contribution >= 4 is 17.3 Å². The van der Waals surface area contributed by atoms with Crippen LogP contribution < -0.4 is 0 Å². The van der Waals surface area contributed by atoms with Gasteiger partial charge in [0.1, 0.15) is 4.88 Å². The number of hydrogen-bond donors (Lipinski definition) is 0. The largest absolute Gasteiger partial charge is 0.465 e. The molecule has 0 spiro atoms. The number of esters is 1. The number of hydrogen-bond acceptors (Lipinski definition) is 3. The molecule has 1 heterocycles. The quantitative estimate of drug-likeness (QED) is 0.775. The Bertz CT molecular complexity index is 605. The first-order valence-corrected chi connectivity index (χ1v) is 6.05. The highest BCUT2D eigenvalue weighted by molar-refractivity contribution is 7.12. The second-order valence-electron chi connectivity index (χ2n) is 3.72. The van der Waals surface area contributed by atoms with Crippen molar-refractivity contribution in [1.82, 2.24) is 0 Å². The van der Waals surface area contributed by atoms with E-state index in [0.29, 0.717) is 11.1 Å². The molecule has 2 nitrogen and oxygen atoms in total. The van der Waals surface area contributed by atoms with Crippen LogP contribution in [0.2, 0.25) is 0 Å². The summed E-state index contributed by atoms with van der Waals surface area (Å²) in [5.74, 6) is -2.44. The van der Waals surface area contributed by atoms with Gasteiger partial charge in [-0.3, -0.25) is 0 Å². The van der Waals surface area contributed by atoms with Gasteiger partial charge in [0.15, 0.2) is 11.6 Å². The fourth-order valence-electron chi connectivity index (χ4n) is 1.72. The van der Waals surface area contributed by atoms with E-state index in [1.54, 1.807) is 12.3 Å². The van der Waals surface area contributed by atoms with Crippen LogP contribution in [0.3, 0.4) is 0 Å². The molecule has 18 heavy (non-hydrogen) atoms. The lowest BCUT2D eigenvalue weighted by molar-refractivity contribution is 0.0607. The molecule has 5 heteroatoms. The zero-order valence-corrected chi connectivity index (χ0v) is 10.6. The van der Waals surface area contributed by atoms with Gasteiger partial charge in [0.2, 0.25) is 0 Å². The molecule has 2 rings (SSSR count). The SMILES string of the molecule is COC(=O)c1scc(C)c1-c1cccc(F)c1F. The smallest absolute Gasteiger partial charge is 0.348 e. The first-order chi connectivity index (χ1) is 8.56. The lowest BCUT2D eigenvalue weighted by Crippen LogP contribution is -2.01. The van der Waals surface area contributed by atoms with E-state index in [1.807, 2.05) is 0 Å². The zero-order chi connectivity index (χ0) is 13.3. The van der Waals surface area contributed by atoms with E-state index in [4.69, 9.17) is 0 Å². The van der Waals surface area contributed by atoms with Crippen molar-refractivity contribution < 1.29 is 18.3 Å². The van der Waals surface area contributed by atoms with E-state index in [-0.39, 0.29) is 10.4 Å². The number of methoxy groups -OCH3 is 1. The van der Waals surface area contributed by atoms with E-state index >= 15 is 0 Å². The third kappa shape index (κ3) is 2.01. The van der Waals surface area contributed by atoms with Crippen LogP contribution in [0.5, 0.6) is 0 Å². The first-order valence-electron chi connectivity index (χ1n) is 5.17. The molecule has 0 N–H and O–H groups in total. The van der Waals surface area contributed by atoms with Crippen molar-refractivity contribution in [3.05, 3.63) is 45.7 Å². The number of benzene rings is 1. The van der Waals surface area contributed by atoms with Gasteiger partial charge >= 0.3 is 5.97 Å². The minimum atomic E-state index is -0.954. The highest BCUT2D eigenvalue weighted by Crippen LogP contribution is 2.35. The summed E-state index contributed by atoms with van der Waals surface area (Å²) in [6, 6.07) is 3.89. The first kappa shape index (κ1) is 12.7. The highest BCUT2D eigenvalue weighted by Gasteiger charge is 2.21. The molecule has 0 saturated heterocycles. The van der Waals surface area contributed by atoms with E-state index in [0.717, 1.165) is 17.4 Å². The Balaban J connectivity index is 2.67. The van der Waals surface area contributed by atoms with E-state index < -0.39 is 17.6 Å². The molecule has 2 aromatic rings. The molecule has 0 atom stereocenters. The van der Waals surface area contributed by atoms with Crippen LogP contribution in [0.25, 0.3) is 11.1 Å². The van der Waals surface area contributed by atoms with Crippen molar-refractivity contribution in [1.29, 1.82) is 0 Å². The number of ether oxygens (including phenoxy) is 1. The Labute approximate surface area is 107 Å². The molecule has 1 aromatic carbocycles. The molecule has 0 radical (unpaired) electrons. The third-order valence-electron chi connectivity index (χ3n) is 2.57. The number of carbonyl (C=O) groups is 1. The number of rotatable bonds is 2. The van der Waals surface area contributed by atoms with Crippen LogP contribution >= 0.6 is 11.3 Å². The van der Waals surface area contributed by atoms with E-state index in [2.05, 4.69) is 4.74 Å². The molecule has 0 aliphatic rings. The summed E-state index contributed by atoms with van der Waals surface area (Å²) in [5, 5.41) is 1.71. The van der Waals surface area contributed by atoms with Gasteiger partial charge in [0.05, 0.1) is 7.11 Å². The van der Waals surface area contributed by atoms with Crippen LogP contribution in [-0.4, -0.2) is 13.1 Å². The van der Waals surface area contributed by atoms with Crippen LogP contribution in [0, 0.1) is 18.6 Å². The second-order valence-corrected chi connectivity index (χ2v) is 4.60. The Kier molecular flexibility index (Phi) is 3.43.